The molecule has 2 nitrogen and oxygen atoms in total. The van der Waals surface area contributed by atoms with Crippen LogP contribution in [0.4, 0.5) is 5.69 Å². The van der Waals surface area contributed by atoms with Crippen LogP contribution >= 0.6 is 34.2 Å². The lowest BCUT2D eigenvalue weighted by molar-refractivity contribution is -0.115. The fourth-order valence-corrected chi connectivity index (χ4v) is 3.06. The van der Waals surface area contributed by atoms with Crippen LogP contribution < -0.4 is 5.32 Å². The zero-order valence-corrected chi connectivity index (χ0v) is 12.9. The average Bonchev–Trinajstić information content (AvgIpc) is 2.34. The van der Waals surface area contributed by atoms with Crippen molar-refractivity contribution < 1.29 is 4.79 Å². The van der Waals surface area contributed by atoms with Gasteiger partial charge in [-0.3, -0.25) is 4.79 Å². The maximum Gasteiger partial charge on any atom is 0.228 e. The molecular weight excluding hydrogens is 361 g/mol. The SMILES string of the molecule is O=C(CC1=CCCCC1)Nc1ccc(Cl)cc1I. The van der Waals surface area contributed by atoms with E-state index in [0.29, 0.717) is 11.4 Å². The molecule has 1 aromatic carbocycles. The number of anilines is 1. The van der Waals surface area contributed by atoms with Gasteiger partial charge in [0.05, 0.1) is 5.69 Å². The quantitative estimate of drug-likeness (QED) is 0.598. The third-order valence-electron chi connectivity index (χ3n) is 2.98. The van der Waals surface area contributed by atoms with Crippen LogP contribution in [0.15, 0.2) is 29.8 Å². The smallest absolute Gasteiger partial charge is 0.228 e. The summed E-state index contributed by atoms with van der Waals surface area (Å²) in [5.41, 5.74) is 2.10. The number of benzene rings is 1. The summed E-state index contributed by atoms with van der Waals surface area (Å²) in [5.74, 6) is 0.0587. The van der Waals surface area contributed by atoms with E-state index < -0.39 is 0 Å². The van der Waals surface area contributed by atoms with Gasteiger partial charge >= 0.3 is 0 Å². The van der Waals surface area contributed by atoms with Crippen molar-refractivity contribution >= 4 is 45.8 Å². The zero-order chi connectivity index (χ0) is 13.0. The molecule has 1 aliphatic rings. The fourth-order valence-electron chi connectivity index (χ4n) is 2.06. The van der Waals surface area contributed by atoms with E-state index in [0.717, 1.165) is 22.1 Å². The van der Waals surface area contributed by atoms with Crippen molar-refractivity contribution in [2.75, 3.05) is 5.32 Å². The van der Waals surface area contributed by atoms with Gasteiger partial charge in [-0.2, -0.15) is 0 Å². The van der Waals surface area contributed by atoms with Crippen LogP contribution in [0.5, 0.6) is 0 Å². The molecule has 0 unspecified atom stereocenters. The van der Waals surface area contributed by atoms with Gasteiger partial charge in [0.2, 0.25) is 5.91 Å². The molecule has 0 radical (unpaired) electrons. The van der Waals surface area contributed by atoms with Crippen LogP contribution in [-0.4, -0.2) is 5.91 Å². The Morgan fingerprint density at radius 2 is 2.22 bits per heavy atom. The molecule has 2 rings (SSSR count). The van der Waals surface area contributed by atoms with Gasteiger partial charge in [0.25, 0.3) is 0 Å². The van der Waals surface area contributed by atoms with Gasteiger partial charge in [0.15, 0.2) is 0 Å². The molecular formula is C14H15ClINO. The van der Waals surface area contributed by atoms with Gasteiger partial charge in [0.1, 0.15) is 0 Å². The second-order valence-electron chi connectivity index (χ2n) is 4.46. The number of nitrogens with one attached hydrogen (secondary N) is 1. The normalized spacial score (nSPS) is 15.1. The van der Waals surface area contributed by atoms with E-state index in [1.54, 1.807) is 6.07 Å². The van der Waals surface area contributed by atoms with E-state index in [9.17, 15) is 4.79 Å². The molecule has 1 N–H and O–H groups in total. The van der Waals surface area contributed by atoms with Crippen molar-refractivity contribution in [1.29, 1.82) is 0 Å². The minimum Gasteiger partial charge on any atom is -0.325 e. The Bertz CT molecular complexity index is 485. The summed E-state index contributed by atoms with van der Waals surface area (Å²) in [5, 5.41) is 3.63. The van der Waals surface area contributed by atoms with Crippen molar-refractivity contribution in [3.05, 3.63) is 38.4 Å². The van der Waals surface area contributed by atoms with Gasteiger partial charge in [-0.05, 0) is 66.5 Å². The molecule has 0 fully saturated rings. The van der Waals surface area contributed by atoms with E-state index in [1.165, 1.54) is 18.4 Å². The number of rotatable bonds is 3. The number of allylic oxidation sites excluding steroid dienone is 1. The first-order valence-corrected chi connectivity index (χ1v) is 7.53. The molecule has 4 heteroatoms. The first kappa shape index (κ1) is 13.9. The Kier molecular flexibility index (Phi) is 5.06. The van der Waals surface area contributed by atoms with Crippen molar-refractivity contribution in [1.82, 2.24) is 0 Å². The molecule has 18 heavy (non-hydrogen) atoms. The molecule has 0 aliphatic heterocycles. The number of hydrogen-bond acceptors (Lipinski definition) is 1. The number of hydrogen-bond donors (Lipinski definition) is 1. The highest BCUT2D eigenvalue weighted by molar-refractivity contribution is 14.1. The second-order valence-corrected chi connectivity index (χ2v) is 6.06. The van der Waals surface area contributed by atoms with Crippen LogP contribution in [0, 0.1) is 3.57 Å². The zero-order valence-electron chi connectivity index (χ0n) is 10.0. The largest absolute Gasteiger partial charge is 0.325 e. The van der Waals surface area contributed by atoms with Crippen molar-refractivity contribution in [2.24, 2.45) is 0 Å². The highest BCUT2D eigenvalue weighted by Crippen LogP contribution is 2.24. The Labute approximate surface area is 126 Å². The molecule has 0 saturated heterocycles. The van der Waals surface area contributed by atoms with Crippen LogP contribution in [0.25, 0.3) is 0 Å². The number of carbonyl (C=O) groups excluding carboxylic acids is 1. The Hall–Kier alpha value is -0.550. The monoisotopic (exact) mass is 375 g/mol. The molecule has 0 spiro atoms. The minimum absolute atomic E-state index is 0.0587. The Morgan fingerprint density at radius 1 is 1.39 bits per heavy atom. The van der Waals surface area contributed by atoms with Gasteiger partial charge in [0, 0.05) is 15.0 Å². The molecule has 1 amide bonds. The van der Waals surface area contributed by atoms with Gasteiger partial charge in [-0.15, -0.1) is 0 Å². The van der Waals surface area contributed by atoms with Gasteiger partial charge < -0.3 is 5.32 Å². The molecule has 0 aromatic heterocycles. The predicted molar refractivity (Wildman–Crippen MR) is 84.0 cm³/mol. The van der Waals surface area contributed by atoms with Gasteiger partial charge in [-0.1, -0.05) is 23.3 Å². The first-order chi connectivity index (χ1) is 8.65. The van der Waals surface area contributed by atoms with Crippen LogP contribution in [0.1, 0.15) is 32.1 Å². The van der Waals surface area contributed by atoms with Crippen LogP contribution in [0.2, 0.25) is 5.02 Å². The summed E-state index contributed by atoms with van der Waals surface area (Å²) in [4.78, 5) is 11.9. The Morgan fingerprint density at radius 3 is 2.89 bits per heavy atom. The van der Waals surface area contributed by atoms with Crippen LogP contribution in [0.3, 0.4) is 0 Å². The summed E-state index contributed by atoms with van der Waals surface area (Å²) >= 11 is 8.06. The fraction of sp³-hybridized carbons (Fsp3) is 0.357. The lowest BCUT2D eigenvalue weighted by atomic mass is 9.97. The van der Waals surface area contributed by atoms with E-state index in [2.05, 4.69) is 34.0 Å². The maximum absolute atomic E-state index is 11.9. The lowest BCUT2D eigenvalue weighted by Crippen LogP contribution is -2.13. The number of halogens is 2. The summed E-state index contributed by atoms with van der Waals surface area (Å²) < 4.78 is 0.964. The lowest BCUT2D eigenvalue weighted by Gasteiger charge is -2.13. The molecule has 1 aliphatic carbocycles. The Balaban J connectivity index is 1.96. The third kappa shape index (κ3) is 3.99. The highest BCUT2D eigenvalue weighted by Gasteiger charge is 2.10. The van der Waals surface area contributed by atoms with E-state index in [1.807, 2.05) is 12.1 Å². The number of carbonyl (C=O) groups is 1. The first-order valence-electron chi connectivity index (χ1n) is 6.08. The summed E-state index contributed by atoms with van der Waals surface area (Å²) in [6.07, 6.45) is 7.35. The van der Waals surface area contributed by atoms with Gasteiger partial charge in [-0.25, -0.2) is 0 Å². The summed E-state index contributed by atoms with van der Waals surface area (Å²) in [7, 11) is 0. The van der Waals surface area contributed by atoms with E-state index >= 15 is 0 Å². The van der Waals surface area contributed by atoms with Crippen LogP contribution in [-0.2, 0) is 4.79 Å². The summed E-state index contributed by atoms with van der Waals surface area (Å²) in [6.45, 7) is 0. The number of amides is 1. The topological polar surface area (TPSA) is 29.1 Å². The van der Waals surface area contributed by atoms with E-state index in [4.69, 9.17) is 11.6 Å². The van der Waals surface area contributed by atoms with E-state index in [-0.39, 0.29) is 5.91 Å². The minimum atomic E-state index is 0.0587. The highest BCUT2D eigenvalue weighted by atomic mass is 127. The maximum atomic E-state index is 11.9. The molecule has 0 heterocycles. The van der Waals surface area contributed by atoms with Crippen molar-refractivity contribution in [3.8, 4) is 0 Å². The van der Waals surface area contributed by atoms with Crippen molar-refractivity contribution in [2.45, 2.75) is 32.1 Å². The molecule has 1 aromatic rings. The standard InChI is InChI=1S/C14H15ClINO/c15-11-6-7-13(12(16)9-11)17-14(18)8-10-4-2-1-3-5-10/h4,6-7,9H,1-3,5,8H2,(H,17,18). The second kappa shape index (κ2) is 6.57. The molecule has 0 bridgehead atoms. The third-order valence-corrected chi connectivity index (χ3v) is 4.11. The average molecular weight is 376 g/mol. The molecule has 0 saturated carbocycles. The molecule has 0 atom stereocenters. The predicted octanol–water partition coefficient (Wildman–Crippen LogP) is 4.77. The summed E-state index contributed by atoms with van der Waals surface area (Å²) in [6, 6.07) is 5.48. The molecule has 96 valence electrons. The van der Waals surface area contributed by atoms with Crippen molar-refractivity contribution in [3.63, 3.8) is 0 Å².